The lowest BCUT2D eigenvalue weighted by atomic mass is 10.1. The Morgan fingerprint density at radius 1 is 1.37 bits per heavy atom. The van der Waals surface area contributed by atoms with E-state index in [-0.39, 0.29) is 17.6 Å². The number of carbonyl (C=O) groups is 1. The van der Waals surface area contributed by atoms with Gasteiger partial charge >= 0.3 is 0 Å². The zero-order valence-electron chi connectivity index (χ0n) is 10.4. The number of aromatic nitrogens is 2. The lowest BCUT2D eigenvalue weighted by molar-refractivity contribution is 0.0935. The third-order valence-corrected chi connectivity index (χ3v) is 2.66. The van der Waals surface area contributed by atoms with Gasteiger partial charge in [0.15, 0.2) is 0 Å². The number of carbonyl (C=O) groups excluding carboxylic acids is 1. The molecule has 1 amide bonds. The Hall–Kier alpha value is -2.74. The average molecular weight is 252 g/mol. The Bertz CT molecular complexity index is 602. The minimum absolute atomic E-state index is 0.154. The highest BCUT2D eigenvalue weighted by molar-refractivity contribution is 5.92. The SMILES string of the molecule is CC(NC(=O)c1ccc(C#N)cn1)c1cccnc1. The summed E-state index contributed by atoms with van der Waals surface area (Å²) in [5, 5.41) is 11.5. The Labute approximate surface area is 110 Å². The van der Waals surface area contributed by atoms with Gasteiger partial charge in [-0.05, 0) is 30.7 Å². The van der Waals surface area contributed by atoms with Gasteiger partial charge in [-0.3, -0.25) is 9.78 Å². The van der Waals surface area contributed by atoms with E-state index < -0.39 is 0 Å². The number of amides is 1. The van der Waals surface area contributed by atoms with Crippen molar-refractivity contribution in [3.8, 4) is 6.07 Å². The Morgan fingerprint density at radius 2 is 2.21 bits per heavy atom. The van der Waals surface area contributed by atoms with E-state index in [2.05, 4.69) is 15.3 Å². The molecule has 0 spiro atoms. The second kappa shape index (κ2) is 5.74. The zero-order valence-corrected chi connectivity index (χ0v) is 10.4. The molecule has 5 heteroatoms. The molecule has 5 nitrogen and oxygen atoms in total. The van der Waals surface area contributed by atoms with Gasteiger partial charge in [-0.15, -0.1) is 0 Å². The standard InChI is InChI=1S/C14H12N4O/c1-10(12-3-2-6-16-9-12)18-14(19)13-5-4-11(7-15)8-17-13/h2-6,8-10H,1H3,(H,18,19). The Balaban J connectivity index is 2.06. The summed E-state index contributed by atoms with van der Waals surface area (Å²) in [6, 6.07) is 8.61. The summed E-state index contributed by atoms with van der Waals surface area (Å²) < 4.78 is 0. The van der Waals surface area contributed by atoms with E-state index in [0.29, 0.717) is 5.56 Å². The number of nitriles is 1. The molecular weight excluding hydrogens is 240 g/mol. The van der Waals surface area contributed by atoms with Gasteiger partial charge in [-0.1, -0.05) is 6.07 Å². The molecule has 0 aromatic carbocycles. The molecule has 0 fully saturated rings. The molecule has 2 heterocycles. The fourth-order valence-electron chi connectivity index (χ4n) is 1.58. The summed E-state index contributed by atoms with van der Waals surface area (Å²) >= 11 is 0. The van der Waals surface area contributed by atoms with E-state index in [1.807, 2.05) is 25.1 Å². The minimum atomic E-state index is -0.277. The maximum atomic E-state index is 12.0. The zero-order chi connectivity index (χ0) is 13.7. The first-order chi connectivity index (χ1) is 9.20. The number of rotatable bonds is 3. The first-order valence-corrected chi connectivity index (χ1v) is 5.77. The normalized spacial score (nSPS) is 11.4. The summed E-state index contributed by atoms with van der Waals surface area (Å²) in [6.45, 7) is 1.87. The van der Waals surface area contributed by atoms with Gasteiger partial charge in [0, 0.05) is 18.6 Å². The molecule has 94 valence electrons. The van der Waals surface area contributed by atoms with E-state index in [1.54, 1.807) is 18.5 Å². The molecule has 1 unspecified atom stereocenters. The van der Waals surface area contributed by atoms with Crippen LogP contribution in [0.2, 0.25) is 0 Å². The minimum Gasteiger partial charge on any atom is -0.344 e. The Kier molecular flexibility index (Phi) is 3.84. The van der Waals surface area contributed by atoms with Crippen molar-refractivity contribution < 1.29 is 4.79 Å². The van der Waals surface area contributed by atoms with Crippen LogP contribution in [0.4, 0.5) is 0 Å². The molecule has 1 N–H and O–H groups in total. The number of pyridine rings is 2. The second-order valence-corrected chi connectivity index (χ2v) is 4.03. The predicted octanol–water partition coefficient (Wildman–Crippen LogP) is 1.84. The maximum absolute atomic E-state index is 12.0. The molecule has 0 saturated heterocycles. The van der Waals surface area contributed by atoms with Gasteiger partial charge in [0.05, 0.1) is 11.6 Å². The molecule has 0 aliphatic rings. The third kappa shape index (κ3) is 3.13. The molecule has 0 aliphatic heterocycles. The third-order valence-electron chi connectivity index (χ3n) is 2.66. The van der Waals surface area contributed by atoms with Crippen LogP contribution < -0.4 is 5.32 Å². The van der Waals surface area contributed by atoms with E-state index in [4.69, 9.17) is 5.26 Å². The largest absolute Gasteiger partial charge is 0.344 e. The molecule has 2 aromatic rings. The summed E-state index contributed by atoms with van der Waals surface area (Å²) in [4.78, 5) is 19.9. The van der Waals surface area contributed by atoms with Gasteiger partial charge in [-0.25, -0.2) is 4.98 Å². The fraction of sp³-hybridized carbons (Fsp3) is 0.143. The van der Waals surface area contributed by atoms with E-state index in [0.717, 1.165) is 5.56 Å². The van der Waals surface area contributed by atoms with Gasteiger partial charge in [0.25, 0.3) is 5.91 Å². The maximum Gasteiger partial charge on any atom is 0.270 e. The van der Waals surface area contributed by atoms with Crippen molar-refractivity contribution >= 4 is 5.91 Å². The van der Waals surface area contributed by atoms with Gasteiger partial charge in [0.1, 0.15) is 11.8 Å². The highest BCUT2D eigenvalue weighted by atomic mass is 16.1. The van der Waals surface area contributed by atoms with Crippen molar-refractivity contribution in [3.05, 3.63) is 59.7 Å². The number of hydrogen-bond acceptors (Lipinski definition) is 4. The Morgan fingerprint density at radius 3 is 2.79 bits per heavy atom. The molecule has 0 saturated carbocycles. The molecular formula is C14H12N4O. The van der Waals surface area contributed by atoms with Crippen LogP contribution in [-0.2, 0) is 0 Å². The van der Waals surface area contributed by atoms with Crippen molar-refractivity contribution in [2.24, 2.45) is 0 Å². The second-order valence-electron chi connectivity index (χ2n) is 4.03. The molecule has 1 atom stereocenters. The highest BCUT2D eigenvalue weighted by Crippen LogP contribution is 2.10. The van der Waals surface area contributed by atoms with Crippen molar-refractivity contribution in [1.29, 1.82) is 5.26 Å². The van der Waals surface area contributed by atoms with E-state index in [9.17, 15) is 4.79 Å². The monoisotopic (exact) mass is 252 g/mol. The van der Waals surface area contributed by atoms with E-state index >= 15 is 0 Å². The molecule has 0 radical (unpaired) electrons. The summed E-state index contributed by atoms with van der Waals surface area (Å²) in [6.07, 6.45) is 4.76. The van der Waals surface area contributed by atoms with Crippen LogP contribution in [0, 0.1) is 11.3 Å². The lowest BCUT2D eigenvalue weighted by Gasteiger charge is -2.13. The quantitative estimate of drug-likeness (QED) is 0.904. The van der Waals surface area contributed by atoms with Crippen LogP contribution >= 0.6 is 0 Å². The molecule has 2 rings (SSSR count). The summed E-state index contributed by atoms with van der Waals surface area (Å²) in [7, 11) is 0. The van der Waals surface area contributed by atoms with Crippen molar-refractivity contribution in [1.82, 2.24) is 15.3 Å². The van der Waals surface area contributed by atoms with E-state index in [1.165, 1.54) is 12.3 Å². The molecule has 19 heavy (non-hydrogen) atoms. The van der Waals surface area contributed by atoms with Crippen molar-refractivity contribution in [3.63, 3.8) is 0 Å². The van der Waals surface area contributed by atoms with Crippen LogP contribution in [0.1, 0.15) is 34.6 Å². The van der Waals surface area contributed by atoms with Crippen molar-refractivity contribution in [2.45, 2.75) is 13.0 Å². The van der Waals surface area contributed by atoms with Gasteiger partial charge in [0.2, 0.25) is 0 Å². The number of nitrogens with one attached hydrogen (secondary N) is 1. The highest BCUT2D eigenvalue weighted by Gasteiger charge is 2.12. The lowest BCUT2D eigenvalue weighted by Crippen LogP contribution is -2.27. The molecule has 0 aliphatic carbocycles. The van der Waals surface area contributed by atoms with Crippen LogP contribution in [0.15, 0.2) is 42.9 Å². The topological polar surface area (TPSA) is 78.7 Å². The van der Waals surface area contributed by atoms with Gasteiger partial charge < -0.3 is 5.32 Å². The molecule has 2 aromatic heterocycles. The van der Waals surface area contributed by atoms with Crippen LogP contribution in [-0.4, -0.2) is 15.9 Å². The fourth-order valence-corrected chi connectivity index (χ4v) is 1.58. The van der Waals surface area contributed by atoms with Crippen molar-refractivity contribution in [2.75, 3.05) is 0 Å². The summed E-state index contributed by atoms with van der Waals surface area (Å²) in [5.41, 5.74) is 1.64. The number of hydrogen-bond donors (Lipinski definition) is 1. The first-order valence-electron chi connectivity index (χ1n) is 5.77. The van der Waals surface area contributed by atoms with Crippen LogP contribution in [0.25, 0.3) is 0 Å². The predicted molar refractivity (Wildman–Crippen MR) is 69.1 cm³/mol. The summed E-state index contributed by atoms with van der Waals surface area (Å²) in [5.74, 6) is -0.277. The number of nitrogens with zero attached hydrogens (tertiary/aromatic N) is 3. The first kappa shape index (κ1) is 12.7. The molecule has 0 bridgehead atoms. The van der Waals surface area contributed by atoms with Crippen LogP contribution in [0.3, 0.4) is 0 Å². The van der Waals surface area contributed by atoms with Crippen LogP contribution in [0.5, 0.6) is 0 Å². The van der Waals surface area contributed by atoms with Gasteiger partial charge in [-0.2, -0.15) is 5.26 Å². The smallest absolute Gasteiger partial charge is 0.270 e. The average Bonchev–Trinajstić information content (AvgIpc) is 2.48.